The summed E-state index contributed by atoms with van der Waals surface area (Å²) < 4.78 is 31.7. The first-order chi connectivity index (χ1) is 9.65. The van der Waals surface area contributed by atoms with Crippen molar-refractivity contribution in [3.63, 3.8) is 0 Å². The van der Waals surface area contributed by atoms with Crippen LogP contribution in [0, 0.1) is 11.6 Å². The first-order valence-corrected chi connectivity index (χ1v) is 5.85. The Morgan fingerprint density at radius 3 is 2.95 bits per heavy atom. The Morgan fingerprint density at radius 1 is 1.30 bits per heavy atom. The molecule has 7 heteroatoms. The van der Waals surface area contributed by atoms with Crippen LogP contribution in [0.2, 0.25) is 0 Å². The van der Waals surface area contributed by atoms with Gasteiger partial charge in [0.2, 0.25) is 0 Å². The van der Waals surface area contributed by atoms with Crippen LogP contribution in [0.25, 0.3) is 11.0 Å². The highest BCUT2D eigenvalue weighted by atomic mass is 19.1. The Labute approximate surface area is 112 Å². The highest BCUT2D eigenvalue weighted by molar-refractivity contribution is 5.79. The maximum Gasteiger partial charge on any atom is 0.183 e. The largest absolute Gasteiger partial charge is 0.356 e. The highest BCUT2D eigenvalue weighted by Gasteiger charge is 2.14. The van der Waals surface area contributed by atoms with Crippen LogP contribution in [0.15, 0.2) is 35.2 Å². The molecule has 0 aliphatic rings. The van der Waals surface area contributed by atoms with Crippen LogP contribution in [-0.2, 0) is 6.54 Å². The van der Waals surface area contributed by atoms with Gasteiger partial charge >= 0.3 is 0 Å². The fourth-order valence-corrected chi connectivity index (χ4v) is 1.96. The third-order valence-electron chi connectivity index (χ3n) is 2.91. The van der Waals surface area contributed by atoms with Crippen molar-refractivity contribution < 1.29 is 13.3 Å². The topological polar surface area (TPSA) is 55.1 Å². The second-order valence-corrected chi connectivity index (χ2v) is 4.32. The summed E-state index contributed by atoms with van der Waals surface area (Å²) in [6.45, 7) is 0.284. The Morgan fingerprint density at radius 2 is 2.15 bits per heavy atom. The van der Waals surface area contributed by atoms with E-state index in [-0.39, 0.29) is 12.4 Å². The molecule has 3 aromatic rings. The monoisotopic (exact) mass is 276 g/mol. The summed E-state index contributed by atoms with van der Waals surface area (Å²) in [6, 6.07) is 4.17. The van der Waals surface area contributed by atoms with E-state index in [0.29, 0.717) is 16.7 Å². The normalized spacial score (nSPS) is 10.9. The van der Waals surface area contributed by atoms with Gasteiger partial charge in [0.05, 0.1) is 12.7 Å². The smallest absolute Gasteiger partial charge is 0.183 e. The van der Waals surface area contributed by atoms with Crippen molar-refractivity contribution in [1.82, 2.24) is 15.1 Å². The van der Waals surface area contributed by atoms with E-state index in [1.165, 1.54) is 18.5 Å². The third-order valence-corrected chi connectivity index (χ3v) is 2.91. The zero-order chi connectivity index (χ0) is 14.1. The van der Waals surface area contributed by atoms with E-state index in [4.69, 9.17) is 4.52 Å². The zero-order valence-electron chi connectivity index (χ0n) is 10.5. The molecule has 102 valence electrons. The lowest BCUT2D eigenvalue weighted by Gasteiger charge is -2.16. The van der Waals surface area contributed by atoms with Gasteiger partial charge in [-0.15, -0.1) is 0 Å². The summed E-state index contributed by atoms with van der Waals surface area (Å²) in [5.41, 5.74) is 0.942. The maximum atomic E-state index is 13.6. The molecule has 20 heavy (non-hydrogen) atoms. The molecule has 0 saturated heterocycles. The number of nitrogens with zero attached hydrogens (tertiary/aromatic N) is 4. The average molecular weight is 276 g/mol. The molecule has 1 aromatic carbocycles. The van der Waals surface area contributed by atoms with Crippen molar-refractivity contribution in [3.05, 3.63) is 48.1 Å². The Kier molecular flexibility index (Phi) is 3.02. The first-order valence-electron chi connectivity index (χ1n) is 5.85. The highest BCUT2D eigenvalue weighted by Crippen LogP contribution is 2.22. The number of rotatable bonds is 3. The van der Waals surface area contributed by atoms with E-state index in [2.05, 4.69) is 15.1 Å². The Bertz CT molecular complexity index is 759. The van der Waals surface area contributed by atoms with E-state index >= 15 is 0 Å². The fourth-order valence-electron chi connectivity index (χ4n) is 1.96. The van der Waals surface area contributed by atoms with E-state index in [9.17, 15) is 8.78 Å². The number of benzene rings is 1. The summed E-state index contributed by atoms with van der Waals surface area (Å²) in [5, 5.41) is 4.57. The molecule has 0 amide bonds. The Balaban J connectivity index is 1.92. The minimum absolute atomic E-state index is 0.165. The molecule has 3 rings (SSSR count). The predicted octanol–water partition coefficient (Wildman–Crippen LogP) is 2.53. The SMILES string of the molecule is CN(Cc1noc2cc(F)ccc12)c1ncncc1F. The zero-order valence-corrected chi connectivity index (χ0v) is 10.5. The molecule has 0 aliphatic carbocycles. The van der Waals surface area contributed by atoms with Gasteiger partial charge in [-0.25, -0.2) is 18.7 Å². The van der Waals surface area contributed by atoms with E-state index in [1.54, 1.807) is 18.0 Å². The van der Waals surface area contributed by atoms with Gasteiger partial charge in [0.15, 0.2) is 17.2 Å². The number of hydrogen-bond acceptors (Lipinski definition) is 5. The Hall–Kier alpha value is -2.57. The van der Waals surface area contributed by atoms with Crippen molar-refractivity contribution in [2.75, 3.05) is 11.9 Å². The van der Waals surface area contributed by atoms with Crippen molar-refractivity contribution in [2.24, 2.45) is 0 Å². The summed E-state index contributed by atoms with van der Waals surface area (Å²) in [5.74, 6) is -0.748. The fraction of sp³-hybridized carbons (Fsp3) is 0.154. The number of aromatic nitrogens is 3. The quantitative estimate of drug-likeness (QED) is 0.735. The number of halogens is 2. The molecule has 0 radical (unpaired) electrons. The summed E-state index contributed by atoms with van der Waals surface area (Å²) in [7, 11) is 1.68. The van der Waals surface area contributed by atoms with Gasteiger partial charge in [0.1, 0.15) is 17.8 Å². The van der Waals surface area contributed by atoms with Crippen LogP contribution >= 0.6 is 0 Å². The lowest BCUT2D eigenvalue weighted by atomic mass is 10.2. The van der Waals surface area contributed by atoms with E-state index in [1.807, 2.05) is 0 Å². The van der Waals surface area contributed by atoms with Gasteiger partial charge in [0.25, 0.3) is 0 Å². The van der Waals surface area contributed by atoms with Crippen LogP contribution in [0.1, 0.15) is 5.69 Å². The molecule has 0 aliphatic heterocycles. The molecule has 2 heterocycles. The van der Waals surface area contributed by atoms with Gasteiger partial charge < -0.3 is 9.42 Å². The molecular formula is C13H10F2N4O. The molecular weight excluding hydrogens is 266 g/mol. The molecule has 5 nitrogen and oxygen atoms in total. The van der Waals surface area contributed by atoms with Crippen LogP contribution in [0.4, 0.5) is 14.6 Å². The van der Waals surface area contributed by atoms with Crippen molar-refractivity contribution >= 4 is 16.8 Å². The van der Waals surface area contributed by atoms with Gasteiger partial charge in [-0.3, -0.25) is 0 Å². The van der Waals surface area contributed by atoms with Crippen LogP contribution in [-0.4, -0.2) is 22.2 Å². The number of fused-ring (bicyclic) bond motifs is 1. The van der Waals surface area contributed by atoms with Crippen molar-refractivity contribution in [2.45, 2.75) is 6.54 Å². The molecule has 0 unspecified atom stereocenters. The third kappa shape index (κ3) is 2.18. The minimum Gasteiger partial charge on any atom is -0.356 e. The van der Waals surface area contributed by atoms with Crippen LogP contribution in [0.5, 0.6) is 0 Å². The minimum atomic E-state index is -0.520. The van der Waals surface area contributed by atoms with E-state index < -0.39 is 11.6 Å². The summed E-state index contributed by atoms with van der Waals surface area (Å²) in [6.07, 6.45) is 2.36. The molecule has 2 aromatic heterocycles. The van der Waals surface area contributed by atoms with Gasteiger partial charge in [-0.05, 0) is 12.1 Å². The summed E-state index contributed by atoms with van der Waals surface area (Å²) >= 11 is 0. The lowest BCUT2D eigenvalue weighted by molar-refractivity contribution is 0.444. The predicted molar refractivity (Wildman–Crippen MR) is 68.1 cm³/mol. The molecule has 0 saturated carbocycles. The van der Waals surface area contributed by atoms with Gasteiger partial charge in [-0.1, -0.05) is 5.16 Å². The van der Waals surface area contributed by atoms with Crippen LogP contribution in [0.3, 0.4) is 0 Å². The van der Waals surface area contributed by atoms with Crippen molar-refractivity contribution in [3.8, 4) is 0 Å². The second-order valence-electron chi connectivity index (χ2n) is 4.32. The number of anilines is 1. The molecule has 0 fully saturated rings. The van der Waals surface area contributed by atoms with Crippen molar-refractivity contribution in [1.29, 1.82) is 0 Å². The number of hydrogen-bond donors (Lipinski definition) is 0. The molecule has 0 atom stereocenters. The molecule has 0 bridgehead atoms. The first kappa shape index (κ1) is 12.5. The lowest BCUT2D eigenvalue weighted by Crippen LogP contribution is -2.19. The molecule has 0 spiro atoms. The maximum absolute atomic E-state index is 13.6. The molecule has 0 N–H and O–H groups in total. The van der Waals surface area contributed by atoms with Gasteiger partial charge in [-0.2, -0.15) is 0 Å². The second kappa shape index (κ2) is 4.84. The van der Waals surface area contributed by atoms with Crippen LogP contribution < -0.4 is 4.90 Å². The van der Waals surface area contributed by atoms with E-state index in [0.717, 1.165) is 6.20 Å². The summed E-state index contributed by atoms with van der Waals surface area (Å²) in [4.78, 5) is 9.05. The average Bonchev–Trinajstić information content (AvgIpc) is 2.81. The standard InChI is InChI=1S/C13H10F2N4O/c1-19(13-10(15)5-16-7-17-13)6-11-9-3-2-8(14)4-12(9)20-18-11/h2-5,7H,6H2,1H3. The van der Waals surface area contributed by atoms with Gasteiger partial charge in [0, 0.05) is 18.5 Å².